The Labute approximate surface area is 156 Å². The molecule has 0 spiro atoms. The molecule has 142 valence electrons. The van der Waals surface area contributed by atoms with Crippen molar-refractivity contribution < 1.29 is 14.3 Å². The quantitative estimate of drug-likeness (QED) is 0.813. The molecule has 26 heavy (non-hydrogen) atoms. The Kier molecular flexibility index (Phi) is 5.84. The first-order valence-corrected chi connectivity index (χ1v) is 9.82. The normalized spacial score (nSPS) is 20.2. The summed E-state index contributed by atoms with van der Waals surface area (Å²) in [6, 6.07) is 7.96. The van der Waals surface area contributed by atoms with Gasteiger partial charge in [-0.25, -0.2) is 0 Å². The van der Waals surface area contributed by atoms with Crippen molar-refractivity contribution >= 4 is 11.8 Å². The van der Waals surface area contributed by atoms with E-state index >= 15 is 0 Å². The van der Waals surface area contributed by atoms with Gasteiger partial charge in [0.2, 0.25) is 11.8 Å². The van der Waals surface area contributed by atoms with Crippen LogP contribution in [0.25, 0.3) is 0 Å². The molecular formula is C21H30N2O3. The Bertz CT molecular complexity index is 635. The third kappa shape index (κ3) is 3.57. The molecule has 2 aliphatic rings. The molecule has 0 radical (unpaired) electrons. The molecule has 0 unspecified atom stereocenters. The first-order valence-electron chi connectivity index (χ1n) is 9.82. The standard InChI is InChI=1S/C21H30N2O3/c1-3-13-22-15-16-23(14-10-19(22)24)20(25)21(11-4-5-12-21)17-6-8-18(26-2)9-7-17/h6-9H,3-5,10-16H2,1-2H3. The van der Waals surface area contributed by atoms with E-state index in [1.54, 1.807) is 7.11 Å². The molecular weight excluding hydrogens is 328 g/mol. The summed E-state index contributed by atoms with van der Waals surface area (Å²) >= 11 is 0. The lowest BCUT2D eigenvalue weighted by Gasteiger charge is -2.34. The Morgan fingerprint density at radius 3 is 2.42 bits per heavy atom. The molecule has 0 bridgehead atoms. The Morgan fingerprint density at radius 1 is 1.12 bits per heavy atom. The third-order valence-corrected chi connectivity index (χ3v) is 5.88. The average Bonchev–Trinajstić information content (AvgIpc) is 3.10. The summed E-state index contributed by atoms with van der Waals surface area (Å²) in [5.74, 6) is 1.18. The van der Waals surface area contributed by atoms with Crippen LogP contribution in [-0.4, -0.2) is 54.9 Å². The number of carbonyl (C=O) groups excluding carboxylic acids is 2. The predicted molar refractivity (Wildman–Crippen MR) is 101 cm³/mol. The number of ether oxygens (including phenoxy) is 1. The van der Waals surface area contributed by atoms with E-state index in [2.05, 4.69) is 6.92 Å². The van der Waals surface area contributed by atoms with Gasteiger partial charge < -0.3 is 14.5 Å². The third-order valence-electron chi connectivity index (χ3n) is 5.88. The first kappa shape index (κ1) is 18.7. The van der Waals surface area contributed by atoms with Crippen molar-refractivity contribution in [1.82, 2.24) is 9.80 Å². The monoisotopic (exact) mass is 358 g/mol. The van der Waals surface area contributed by atoms with Gasteiger partial charge in [0.15, 0.2) is 0 Å². The number of carbonyl (C=O) groups is 2. The van der Waals surface area contributed by atoms with Crippen LogP contribution in [0.1, 0.15) is 51.0 Å². The van der Waals surface area contributed by atoms with Crippen LogP contribution in [0.3, 0.4) is 0 Å². The highest BCUT2D eigenvalue weighted by Crippen LogP contribution is 2.43. The zero-order chi connectivity index (χ0) is 18.6. The van der Waals surface area contributed by atoms with Crippen molar-refractivity contribution in [3.8, 4) is 5.75 Å². The molecule has 1 heterocycles. The molecule has 0 N–H and O–H groups in total. The van der Waals surface area contributed by atoms with Gasteiger partial charge in [0.25, 0.3) is 0 Å². The maximum Gasteiger partial charge on any atom is 0.233 e. The second kappa shape index (κ2) is 8.11. The highest BCUT2D eigenvalue weighted by Gasteiger charge is 2.45. The van der Waals surface area contributed by atoms with E-state index in [1.165, 1.54) is 0 Å². The fourth-order valence-electron chi connectivity index (χ4n) is 4.39. The highest BCUT2D eigenvalue weighted by atomic mass is 16.5. The van der Waals surface area contributed by atoms with Gasteiger partial charge in [-0.3, -0.25) is 9.59 Å². The molecule has 5 nitrogen and oxygen atoms in total. The fourth-order valence-corrected chi connectivity index (χ4v) is 4.39. The van der Waals surface area contributed by atoms with Crippen LogP contribution in [0.5, 0.6) is 5.75 Å². The molecule has 1 aromatic carbocycles. The van der Waals surface area contributed by atoms with Crippen molar-refractivity contribution in [2.45, 2.75) is 50.9 Å². The van der Waals surface area contributed by atoms with E-state index in [9.17, 15) is 9.59 Å². The number of hydrogen-bond donors (Lipinski definition) is 0. The van der Waals surface area contributed by atoms with E-state index in [-0.39, 0.29) is 11.8 Å². The lowest BCUT2D eigenvalue weighted by atomic mass is 9.77. The summed E-state index contributed by atoms with van der Waals surface area (Å²) < 4.78 is 5.27. The fraction of sp³-hybridized carbons (Fsp3) is 0.619. The van der Waals surface area contributed by atoms with Crippen molar-refractivity contribution in [3.05, 3.63) is 29.8 Å². The Morgan fingerprint density at radius 2 is 1.81 bits per heavy atom. The van der Waals surface area contributed by atoms with Crippen LogP contribution in [0, 0.1) is 0 Å². The first-order chi connectivity index (χ1) is 12.6. The van der Waals surface area contributed by atoms with Gasteiger partial charge in [0.1, 0.15) is 5.75 Å². The van der Waals surface area contributed by atoms with Gasteiger partial charge in [-0.05, 0) is 37.0 Å². The molecule has 2 fully saturated rings. The van der Waals surface area contributed by atoms with Crippen LogP contribution in [0.15, 0.2) is 24.3 Å². The summed E-state index contributed by atoms with van der Waals surface area (Å²) in [4.78, 5) is 29.7. The zero-order valence-electron chi connectivity index (χ0n) is 16.0. The van der Waals surface area contributed by atoms with Gasteiger partial charge in [0, 0.05) is 32.6 Å². The van der Waals surface area contributed by atoms with E-state index in [0.717, 1.165) is 50.0 Å². The van der Waals surface area contributed by atoms with Crippen LogP contribution < -0.4 is 4.74 Å². The molecule has 1 aromatic rings. The topological polar surface area (TPSA) is 49.9 Å². The number of nitrogens with zero attached hydrogens (tertiary/aromatic N) is 2. The number of amides is 2. The largest absolute Gasteiger partial charge is 0.497 e. The van der Waals surface area contributed by atoms with E-state index in [0.29, 0.717) is 26.1 Å². The van der Waals surface area contributed by atoms with Crippen molar-refractivity contribution in [3.63, 3.8) is 0 Å². The number of hydrogen-bond acceptors (Lipinski definition) is 3. The molecule has 3 rings (SSSR count). The maximum absolute atomic E-state index is 13.6. The smallest absolute Gasteiger partial charge is 0.233 e. The summed E-state index contributed by atoms with van der Waals surface area (Å²) in [5, 5.41) is 0. The summed E-state index contributed by atoms with van der Waals surface area (Å²) in [7, 11) is 1.65. The van der Waals surface area contributed by atoms with Gasteiger partial charge in [0.05, 0.1) is 12.5 Å². The molecule has 1 aliphatic heterocycles. The molecule has 0 atom stereocenters. The SMILES string of the molecule is CCCN1CCN(C(=O)C2(c3ccc(OC)cc3)CCCC2)CCC1=O. The van der Waals surface area contributed by atoms with Gasteiger partial charge in [-0.2, -0.15) is 0 Å². The average molecular weight is 358 g/mol. The molecule has 1 saturated carbocycles. The van der Waals surface area contributed by atoms with Gasteiger partial charge in [-0.1, -0.05) is 31.9 Å². The number of rotatable bonds is 5. The van der Waals surface area contributed by atoms with Crippen LogP contribution in [0.4, 0.5) is 0 Å². The van der Waals surface area contributed by atoms with Gasteiger partial charge in [-0.15, -0.1) is 0 Å². The maximum atomic E-state index is 13.6. The molecule has 2 amide bonds. The minimum Gasteiger partial charge on any atom is -0.497 e. The Balaban J connectivity index is 1.81. The second-order valence-corrected chi connectivity index (χ2v) is 7.44. The van der Waals surface area contributed by atoms with Crippen LogP contribution in [0.2, 0.25) is 0 Å². The predicted octanol–water partition coefficient (Wildman–Crippen LogP) is 2.98. The molecule has 1 aliphatic carbocycles. The summed E-state index contributed by atoms with van der Waals surface area (Å²) in [6.45, 7) is 4.69. The van der Waals surface area contributed by atoms with Crippen molar-refractivity contribution in [2.75, 3.05) is 33.3 Å². The number of benzene rings is 1. The second-order valence-electron chi connectivity index (χ2n) is 7.44. The van der Waals surface area contributed by atoms with Gasteiger partial charge >= 0.3 is 0 Å². The minimum absolute atomic E-state index is 0.173. The van der Waals surface area contributed by atoms with Crippen LogP contribution >= 0.6 is 0 Å². The lowest BCUT2D eigenvalue weighted by Crippen LogP contribution is -2.47. The summed E-state index contributed by atoms with van der Waals surface area (Å²) in [6.07, 6.45) is 5.32. The zero-order valence-corrected chi connectivity index (χ0v) is 16.0. The van der Waals surface area contributed by atoms with Crippen molar-refractivity contribution in [1.29, 1.82) is 0 Å². The minimum atomic E-state index is -0.435. The van der Waals surface area contributed by atoms with Crippen LogP contribution in [-0.2, 0) is 15.0 Å². The van der Waals surface area contributed by atoms with Crippen molar-refractivity contribution in [2.24, 2.45) is 0 Å². The molecule has 1 saturated heterocycles. The lowest BCUT2D eigenvalue weighted by molar-refractivity contribution is -0.137. The Hall–Kier alpha value is -2.04. The number of methoxy groups -OCH3 is 1. The van der Waals surface area contributed by atoms with E-state index < -0.39 is 5.41 Å². The highest BCUT2D eigenvalue weighted by molar-refractivity contribution is 5.89. The molecule has 5 heteroatoms. The summed E-state index contributed by atoms with van der Waals surface area (Å²) in [5.41, 5.74) is 0.650. The van der Waals surface area contributed by atoms with E-state index in [4.69, 9.17) is 4.74 Å². The molecule has 0 aromatic heterocycles. The van der Waals surface area contributed by atoms with E-state index in [1.807, 2.05) is 34.1 Å².